The lowest BCUT2D eigenvalue weighted by Gasteiger charge is -2.27. The molecule has 1 aliphatic rings. The molecular weight excluding hydrogens is 454 g/mol. The molecule has 7 heteroatoms. The standard InChI is InChI=1S/C29H31N3O4/c1-34-19-8-20-35-24-12-7-9-22(21-24)32-26-14-6-5-13-25(26)27(28(33)31-17-15-30-16-18-31)29(32)36-23-10-3-2-4-11-23/h2-7,9-14,21,30H,8,15-20H2,1H3. The smallest absolute Gasteiger partial charge is 0.260 e. The number of ether oxygens (including phenoxy) is 3. The SMILES string of the molecule is COCCCOc1cccc(-n2c(Oc3ccccc3)c(C(=O)N3CCNCC3)c3ccccc32)c1. The van der Waals surface area contributed by atoms with Gasteiger partial charge in [-0.2, -0.15) is 0 Å². The van der Waals surface area contributed by atoms with Crippen LogP contribution in [0.5, 0.6) is 17.4 Å². The topological polar surface area (TPSA) is 65.0 Å². The molecule has 0 unspecified atom stereocenters. The van der Waals surface area contributed by atoms with Gasteiger partial charge in [-0.15, -0.1) is 0 Å². The fraction of sp³-hybridized carbons (Fsp3) is 0.276. The summed E-state index contributed by atoms with van der Waals surface area (Å²) in [7, 11) is 1.69. The summed E-state index contributed by atoms with van der Waals surface area (Å²) in [6, 6.07) is 25.4. The first kappa shape index (κ1) is 23.9. The van der Waals surface area contributed by atoms with Crippen molar-refractivity contribution in [3.63, 3.8) is 0 Å². The summed E-state index contributed by atoms with van der Waals surface area (Å²) in [4.78, 5) is 15.8. The van der Waals surface area contributed by atoms with E-state index < -0.39 is 0 Å². The highest BCUT2D eigenvalue weighted by atomic mass is 16.5. The molecule has 4 aromatic rings. The second-order valence-electron chi connectivity index (χ2n) is 8.68. The van der Waals surface area contributed by atoms with Crippen LogP contribution in [-0.2, 0) is 4.74 Å². The highest BCUT2D eigenvalue weighted by Crippen LogP contribution is 2.39. The van der Waals surface area contributed by atoms with Crippen LogP contribution >= 0.6 is 0 Å². The van der Waals surface area contributed by atoms with Gasteiger partial charge in [0.05, 0.1) is 17.8 Å². The molecule has 7 nitrogen and oxygen atoms in total. The first-order valence-electron chi connectivity index (χ1n) is 12.3. The fourth-order valence-electron chi connectivity index (χ4n) is 4.51. The number of nitrogens with zero attached hydrogens (tertiary/aromatic N) is 2. The summed E-state index contributed by atoms with van der Waals surface area (Å²) >= 11 is 0. The zero-order valence-corrected chi connectivity index (χ0v) is 20.5. The summed E-state index contributed by atoms with van der Waals surface area (Å²) in [5, 5.41) is 4.18. The Labute approximate surface area is 211 Å². The Balaban J connectivity index is 1.63. The number of aromatic nitrogens is 1. The van der Waals surface area contributed by atoms with E-state index in [0.29, 0.717) is 43.5 Å². The maximum Gasteiger partial charge on any atom is 0.260 e. The molecule has 0 saturated carbocycles. The van der Waals surface area contributed by atoms with Crippen LogP contribution < -0.4 is 14.8 Å². The number of hydrogen-bond donors (Lipinski definition) is 1. The Bertz CT molecular complexity index is 1310. The van der Waals surface area contributed by atoms with Crippen molar-refractivity contribution in [3.8, 4) is 23.1 Å². The van der Waals surface area contributed by atoms with Gasteiger partial charge in [-0.25, -0.2) is 0 Å². The molecule has 1 aliphatic heterocycles. The van der Waals surface area contributed by atoms with E-state index in [1.807, 2.05) is 88.3 Å². The average Bonchev–Trinajstić information content (AvgIpc) is 3.25. The van der Waals surface area contributed by atoms with Gasteiger partial charge in [-0.1, -0.05) is 42.5 Å². The van der Waals surface area contributed by atoms with Gasteiger partial charge in [0, 0.05) is 57.8 Å². The van der Waals surface area contributed by atoms with Crippen LogP contribution in [0.1, 0.15) is 16.8 Å². The number of rotatable bonds is 9. The van der Waals surface area contributed by atoms with Crippen molar-refractivity contribution in [1.29, 1.82) is 0 Å². The molecule has 186 valence electrons. The fourth-order valence-corrected chi connectivity index (χ4v) is 4.51. The molecule has 1 aromatic heterocycles. The van der Waals surface area contributed by atoms with Crippen molar-refractivity contribution in [2.75, 3.05) is 46.5 Å². The third-order valence-corrected chi connectivity index (χ3v) is 6.24. The van der Waals surface area contributed by atoms with Gasteiger partial charge in [0.15, 0.2) is 0 Å². The van der Waals surface area contributed by atoms with Crippen LogP contribution in [-0.4, -0.2) is 61.9 Å². The van der Waals surface area contributed by atoms with Crippen molar-refractivity contribution >= 4 is 16.8 Å². The molecular formula is C29H31N3O4. The lowest BCUT2D eigenvalue weighted by molar-refractivity contribution is 0.0735. The Morgan fingerprint density at radius 1 is 0.889 bits per heavy atom. The first-order valence-corrected chi connectivity index (χ1v) is 12.3. The third kappa shape index (κ3) is 5.08. The van der Waals surface area contributed by atoms with Gasteiger partial charge in [-0.3, -0.25) is 9.36 Å². The van der Waals surface area contributed by atoms with Gasteiger partial charge in [-0.05, 0) is 30.3 Å². The molecule has 3 aromatic carbocycles. The minimum Gasteiger partial charge on any atom is -0.493 e. The number of benzene rings is 3. The predicted molar refractivity (Wildman–Crippen MR) is 141 cm³/mol. The number of nitrogens with one attached hydrogen (secondary N) is 1. The summed E-state index contributed by atoms with van der Waals surface area (Å²) in [5.74, 6) is 1.90. The van der Waals surface area contributed by atoms with Crippen LogP contribution in [0, 0.1) is 0 Å². The van der Waals surface area contributed by atoms with E-state index in [1.165, 1.54) is 0 Å². The maximum absolute atomic E-state index is 13.9. The molecule has 2 heterocycles. The molecule has 0 spiro atoms. The monoisotopic (exact) mass is 485 g/mol. The summed E-state index contributed by atoms with van der Waals surface area (Å²) in [5.41, 5.74) is 2.34. The van der Waals surface area contributed by atoms with Crippen molar-refractivity contribution < 1.29 is 19.0 Å². The number of methoxy groups -OCH3 is 1. The van der Waals surface area contributed by atoms with Crippen molar-refractivity contribution in [3.05, 3.63) is 84.4 Å². The molecule has 0 atom stereocenters. The minimum absolute atomic E-state index is 0.0237. The highest BCUT2D eigenvalue weighted by Gasteiger charge is 2.29. The van der Waals surface area contributed by atoms with Gasteiger partial charge in [0.1, 0.15) is 17.1 Å². The molecule has 1 amide bonds. The normalized spacial score (nSPS) is 13.6. The highest BCUT2D eigenvalue weighted by molar-refractivity contribution is 6.10. The Kier molecular flexibility index (Phi) is 7.50. The summed E-state index contributed by atoms with van der Waals surface area (Å²) in [6.07, 6.45) is 0.804. The number of carbonyl (C=O) groups excluding carboxylic acids is 1. The summed E-state index contributed by atoms with van der Waals surface area (Å²) in [6.45, 7) is 4.09. The Morgan fingerprint density at radius 2 is 1.64 bits per heavy atom. The lowest BCUT2D eigenvalue weighted by atomic mass is 10.1. The van der Waals surface area contributed by atoms with Gasteiger partial charge >= 0.3 is 0 Å². The zero-order valence-electron chi connectivity index (χ0n) is 20.5. The first-order chi connectivity index (χ1) is 17.8. The number of carbonyl (C=O) groups is 1. The molecule has 0 aliphatic carbocycles. The average molecular weight is 486 g/mol. The van der Waals surface area contributed by atoms with E-state index >= 15 is 0 Å². The zero-order chi connectivity index (χ0) is 24.7. The van der Waals surface area contributed by atoms with Gasteiger partial charge in [0.25, 0.3) is 5.91 Å². The van der Waals surface area contributed by atoms with Crippen LogP contribution in [0.4, 0.5) is 0 Å². The van der Waals surface area contributed by atoms with E-state index in [9.17, 15) is 4.79 Å². The van der Waals surface area contributed by atoms with E-state index in [4.69, 9.17) is 14.2 Å². The Morgan fingerprint density at radius 3 is 2.44 bits per heavy atom. The van der Waals surface area contributed by atoms with Crippen LogP contribution in [0.15, 0.2) is 78.9 Å². The van der Waals surface area contributed by atoms with Crippen LogP contribution in [0.25, 0.3) is 16.6 Å². The number of piperazine rings is 1. The van der Waals surface area contributed by atoms with Crippen molar-refractivity contribution in [1.82, 2.24) is 14.8 Å². The second kappa shape index (κ2) is 11.3. The number of amides is 1. The van der Waals surface area contributed by atoms with E-state index in [-0.39, 0.29) is 5.91 Å². The van der Waals surface area contributed by atoms with Crippen molar-refractivity contribution in [2.45, 2.75) is 6.42 Å². The summed E-state index contributed by atoms with van der Waals surface area (Å²) < 4.78 is 19.6. The molecule has 1 saturated heterocycles. The predicted octanol–water partition coefficient (Wildman–Crippen LogP) is 4.88. The number of fused-ring (bicyclic) bond motifs is 1. The third-order valence-electron chi connectivity index (χ3n) is 6.24. The molecule has 36 heavy (non-hydrogen) atoms. The van der Waals surface area contributed by atoms with Crippen molar-refractivity contribution in [2.24, 2.45) is 0 Å². The van der Waals surface area contributed by atoms with Gasteiger partial charge < -0.3 is 24.4 Å². The number of hydrogen-bond acceptors (Lipinski definition) is 5. The molecule has 5 rings (SSSR count). The second-order valence-corrected chi connectivity index (χ2v) is 8.68. The molecule has 0 bridgehead atoms. The lowest BCUT2D eigenvalue weighted by Crippen LogP contribution is -2.46. The van der Waals surface area contributed by atoms with Gasteiger partial charge in [0.2, 0.25) is 5.88 Å². The molecule has 0 radical (unpaired) electrons. The van der Waals surface area contributed by atoms with Crippen LogP contribution in [0.2, 0.25) is 0 Å². The molecule has 1 fully saturated rings. The quantitative estimate of drug-likeness (QED) is 0.342. The minimum atomic E-state index is -0.0237. The Hall–Kier alpha value is -3.81. The van der Waals surface area contributed by atoms with E-state index in [1.54, 1.807) is 7.11 Å². The number of para-hydroxylation sites is 2. The molecule has 1 N–H and O–H groups in total. The van der Waals surface area contributed by atoms with E-state index in [0.717, 1.165) is 41.9 Å². The largest absolute Gasteiger partial charge is 0.493 e. The van der Waals surface area contributed by atoms with E-state index in [2.05, 4.69) is 5.32 Å². The van der Waals surface area contributed by atoms with Crippen LogP contribution in [0.3, 0.4) is 0 Å². The maximum atomic E-state index is 13.9.